The Morgan fingerprint density at radius 1 is 1.23 bits per heavy atom. The van der Waals surface area contributed by atoms with Crippen LogP contribution in [0.25, 0.3) is 11.2 Å². The molecule has 2 saturated heterocycles. The van der Waals surface area contributed by atoms with Crippen molar-refractivity contribution >= 4 is 46.3 Å². The zero-order valence-corrected chi connectivity index (χ0v) is 22.7. The van der Waals surface area contributed by atoms with Gasteiger partial charge in [-0.05, 0) is 55.8 Å². The smallest absolute Gasteiger partial charge is 0.437 e. The maximum Gasteiger partial charge on any atom is 0.437 e. The first-order valence-corrected chi connectivity index (χ1v) is 13.4. The van der Waals surface area contributed by atoms with Crippen LogP contribution in [0, 0.1) is 11.8 Å². The van der Waals surface area contributed by atoms with Crippen molar-refractivity contribution < 1.29 is 22.7 Å². The molecule has 2 aliphatic rings. The summed E-state index contributed by atoms with van der Waals surface area (Å²) in [7, 11) is 0. The molecular weight excluding hydrogens is 558 g/mol. The second kappa shape index (κ2) is 11.0. The van der Waals surface area contributed by atoms with Crippen LogP contribution in [0.2, 0.25) is 10.0 Å². The molecule has 0 saturated carbocycles. The maximum atomic E-state index is 13.8. The molecule has 2 N–H and O–H groups in total. The summed E-state index contributed by atoms with van der Waals surface area (Å²) < 4.78 is 47.6. The van der Waals surface area contributed by atoms with Crippen molar-refractivity contribution in [2.45, 2.75) is 32.0 Å². The van der Waals surface area contributed by atoms with Crippen molar-refractivity contribution in [3.05, 3.63) is 45.7 Å². The highest BCUT2D eigenvalue weighted by Gasteiger charge is 2.40. The first-order valence-electron chi connectivity index (χ1n) is 12.7. The molecule has 39 heavy (non-hydrogen) atoms. The molecule has 4 heterocycles. The molecule has 0 bridgehead atoms. The fraction of sp³-hybridized carbons (Fsp3) is 0.520. The number of aromatic nitrogens is 4. The summed E-state index contributed by atoms with van der Waals surface area (Å²) in [4.78, 5) is 23.9. The molecule has 14 heteroatoms. The zero-order chi connectivity index (χ0) is 27.9. The van der Waals surface area contributed by atoms with Crippen molar-refractivity contribution in [1.29, 1.82) is 0 Å². The number of benzene rings is 1. The first kappa shape index (κ1) is 27.7. The van der Waals surface area contributed by atoms with Crippen molar-refractivity contribution in [1.82, 2.24) is 24.6 Å². The first-order chi connectivity index (χ1) is 18.5. The van der Waals surface area contributed by atoms with E-state index in [2.05, 4.69) is 20.0 Å². The van der Waals surface area contributed by atoms with Crippen LogP contribution in [0.4, 0.5) is 23.8 Å². The van der Waals surface area contributed by atoms with E-state index in [1.807, 2.05) is 4.90 Å². The van der Waals surface area contributed by atoms with E-state index in [0.717, 1.165) is 39.0 Å². The molecule has 2 aliphatic heterocycles. The number of ether oxygens (including phenoxy) is 1. The molecule has 3 aromatic rings. The Bertz CT molecular complexity index is 1360. The molecule has 5 rings (SSSR count). The number of alkyl halides is 3. The predicted molar refractivity (Wildman–Crippen MR) is 141 cm³/mol. The summed E-state index contributed by atoms with van der Waals surface area (Å²) in [5.74, 6) is 1.39. The molecular formula is C25H28Cl2F3N7O2. The fourth-order valence-corrected chi connectivity index (χ4v) is 6.00. The molecule has 1 amide bonds. The van der Waals surface area contributed by atoms with Gasteiger partial charge in [0.1, 0.15) is 17.9 Å². The van der Waals surface area contributed by atoms with Gasteiger partial charge >= 0.3 is 12.3 Å². The number of carbonyl (C=O) groups is 1. The van der Waals surface area contributed by atoms with Crippen LogP contribution in [0.3, 0.4) is 0 Å². The van der Waals surface area contributed by atoms with Crippen molar-refractivity contribution in [3.63, 3.8) is 0 Å². The molecule has 9 nitrogen and oxygen atoms in total. The Morgan fingerprint density at radius 3 is 2.69 bits per heavy atom. The Labute approximate surface area is 233 Å². The van der Waals surface area contributed by atoms with E-state index in [9.17, 15) is 18.0 Å². The van der Waals surface area contributed by atoms with E-state index in [1.165, 1.54) is 10.9 Å². The third-order valence-corrected chi connectivity index (χ3v) is 8.10. The number of amides is 1. The number of hydrogen-bond donors (Lipinski definition) is 1. The lowest BCUT2D eigenvalue weighted by atomic mass is 9.80. The lowest BCUT2D eigenvalue weighted by Crippen LogP contribution is -2.54. The molecule has 0 spiro atoms. The standard InChI is InChI=1S/C25H28Cl2F3N7O2/c1-14(18-5-4-17(26)9-19(18)27)37-23-21(22(34-37)25(28,29)30)32-10-20(33-23)36-12-16(13-36)15-3-2-6-35(11-15)7-8-39-24(31)38/h4-5,9-10,14-16H,2-3,6-8,11-13H2,1H3,(H2,31,38)/t14-,15?/m1/s1. The third-order valence-electron chi connectivity index (χ3n) is 7.53. The highest BCUT2D eigenvalue weighted by atomic mass is 35.5. The summed E-state index contributed by atoms with van der Waals surface area (Å²) in [6, 6.07) is 4.19. The van der Waals surface area contributed by atoms with Gasteiger partial charge < -0.3 is 15.4 Å². The zero-order valence-electron chi connectivity index (χ0n) is 21.2. The minimum atomic E-state index is -4.69. The highest BCUT2D eigenvalue weighted by molar-refractivity contribution is 6.35. The van der Waals surface area contributed by atoms with E-state index >= 15 is 0 Å². The van der Waals surface area contributed by atoms with E-state index in [-0.39, 0.29) is 17.8 Å². The molecule has 210 valence electrons. The van der Waals surface area contributed by atoms with Gasteiger partial charge in [-0.1, -0.05) is 29.3 Å². The number of likely N-dealkylation sites (tertiary alicyclic amines) is 1. The Balaban J connectivity index is 1.34. The quantitative estimate of drug-likeness (QED) is 0.416. The number of halogens is 5. The number of carbonyl (C=O) groups excluding carboxylic acids is 1. The predicted octanol–water partition coefficient (Wildman–Crippen LogP) is 5.00. The number of piperidine rings is 1. The van der Waals surface area contributed by atoms with Crippen LogP contribution in [-0.2, 0) is 10.9 Å². The number of primary amides is 1. The fourth-order valence-electron chi connectivity index (χ4n) is 5.44. The number of nitrogens with two attached hydrogens (primary N) is 1. The van der Waals surface area contributed by atoms with E-state index in [1.54, 1.807) is 25.1 Å². The minimum absolute atomic E-state index is 0.0417. The van der Waals surface area contributed by atoms with E-state index in [0.29, 0.717) is 39.8 Å². The number of fused-ring (bicyclic) bond motifs is 1. The monoisotopic (exact) mass is 585 g/mol. The van der Waals surface area contributed by atoms with Gasteiger partial charge in [0.2, 0.25) is 0 Å². The SMILES string of the molecule is C[C@H](c1ccc(Cl)cc1Cl)n1nc(C(F)(F)F)c2ncc(N3CC(C4CCCN(CCOC(N)=O)C4)C3)nc21. The van der Waals surface area contributed by atoms with Crippen LogP contribution in [0.1, 0.15) is 37.1 Å². The Morgan fingerprint density at radius 2 is 2.00 bits per heavy atom. The lowest BCUT2D eigenvalue weighted by molar-refractivity contribution is -0.140. The average molecular weight is 586 g/mol. The van der Waals surface area contributed by atoms with Crippen LogP contribution < -0.4 is 10.6 Å². The van der Waals surface area contributed by atoms with Crippen LogP contribution in [-0.4, -0.2) is 70.1 Å². The number of rotatable bonds is 7. The van der Waals surface area contributed by atoms with Gasteiger partial charge in [-0.3, -0.25) is 4.90 Å². The molecule has 0 aliphatic carbocycles. The number of nitrogens with zero attached hydrogens (tertiary/aromatic N) is 6. The summed E-state index contributed by atoms with van der Waals surface area (Å²) in [6.07, 6.45) is -1.94. The van der Waals surface area contributed by atoms with E-state index < -0.39 is 24.0 Å². The van der Waals surface area contributed by atoms with Gasteiger partial charge in [0, 0.05) is 36.2 Å². The summed E-state index contributed by atoms with van der Waals surface area (Å²) in [6.45, 7) is 5.91. The topological polar surface area (TPSA) is 102 Å². The van der Waals surface area contributed by atoms with Crippen LogP contribution in [0.15, 0.2) is 24.4 Å². The van der Waals surface area contributed by atoms with Gasteiger partial charge in [0.15, 0.2) is 11.3 Å². The summed E-state index contributed by atoms with van der Waals surface area (Å²) in [5, 5.41) is 4.64. The van der Waals surface area contributed by atoms with Gasteiger partial charge in [-0.15, -0.1) is 0 Å². The number of hydrogen-bond acceptors (Lipinski definition) is 7. The van der Waals surface area contributed by atoms with Gasteiger partial charge in [0.25, 0.3) is 0 Å². The normalized spacial score (nSPS) is 19.7. The molecule has 2 fully saturated rings. The maximum absolute atomic E-state index is 13.8. The molecule has 2 aromatic heterocycles. The Hall–Kier alpha value is -2.83. The van der Waals surface area contributed by atoms with Gasteiger partial charge in [0.05, 0.1) is 12.2 Å². The van der Waals surface area contributed by atoms with Crippen molar-refractivity contribution in [2.75, 3.05) is 44.2 Å². The second-order valence-electron chi connectivity index (χ2n) is 10.1. The highest BCUT2D eigenvalue weighted by Crippen LogP contribution is 2.38. The van der Waals surface area contributed by atoms with E-state index in [4.69, 9.17) is 33.7 Å². The molecule has 0 radical (unpaired) electrons. The third kappa shape index (κ3) is 5.87. The lowest BCUT2D eigenvalue weighted by Gasteiger charge is -2.47. The molecule has 1 unspecified atom stereocenters. The average Bonchev–Trinajstić information content (AvgIpc) is 3.22. The van der Waals surface area contributed by atoms with Crippen molar-refractivity contribution in [2.24, 2.45) is 17.6 Å². The second-order valence-corrected chi connectivity index (χ2v) is 10.9. The van der Waals surface area contributed by atoms with Gasteiger partial charge in [-0.25, -0.2) is 19.4 Å². The molecule has 1 aromatic carbocycles. The van der Waals surface area contributed by atoms with Crippen molar-refractivity contribution in [3.8, 4) is 0 Å². The number of anilines is 1. The van der Waals surface area contributed by atoms with Gasteiger partial charge in [-0.2, -0.15) is 18.3 Å². The van der Waals surface area contributed by atoms with Crippen LogP contribution in [0.5, 0.6) is 0 Å². The summed E-state index contributed by atoms with van der Waals surface area (Å²) >= 11 is 12.4. The largest absolute Gasteiger partial charge is 0.448 e. The van der Waals surface area contributed by atoms with Crippen LogP contribution >= 0.6 is 23.2 Å². The Kier molecular flexibility index (Phi) is 7.80. The minimum Gasteiger partial charge on any atom is -0.448 e. The molecule has 2 atom stereocenters. The summed E-state index contributed by atoms with van der Waals surface area (Å²) in [5.41, 5.74) is 4.26.